The van der Waals surface area contributed by atoms with E-state index in [0.29, 0.717) is 6.61 Å². The van der Waals surface area contributed by atoms with Crippen molar-refractivity contribution in [1.29, 1.82) is 0 Å². The molecule has 0 unspecified atom stereocenters. The van der Waals surface area contributed by atoms with Gasteiger partial charge in [0.25, 0.3) is 0 Å². The number of anilines is 1. The third kappa shape index (κ3) is 3.53. The van der Waals surface area contributed by atoms with Crippen LogP contribution >= 0.6 is 0 Å². The fourth-order valence-electron chi connectivity index (χ4n) is 1.61. The molecule has 84 valence electrons. The zero-order valence-electron chi connectivity index (χ0n) is 9.45. The SMILES string of the molecule is COCCc1cccc(N)c1CCOC. The van der Waals surface area contributed by atoms with E-state index >= 15 is 0 Å². The molecule has 0 amide bonds. The van der Waals surface area contributed by atoms with E-state index in [1.807, 2.05) is 12.1 Å². The second-order valence-electron chi connectivity index (χ2n) is 3.47. The lowest BCUT2D eigenvalue weighted by Gasteiger charge is -2.11. The van der Waals surface area contributed by atoms with Crippen molar-refractivity contribution in [1.82, 2.24) is 0 Å². The summed E-state index contributed by atoms with van der Waals surface area (Å²) in [5, 5.41) is 0. The fraction of sp³-hybridized carbons (Fsp3) is 0.500. The maximum atomic E-state index is 5.94. The molecule has 1 aromatic carbocycles. The van der Waals surface area contributed by atoms with Gasteiger partial charge in [-0.1, -0.05) is 12.1 Å². The fourth-order valence-corrected chi connectivity index (χ4v) is 1.61. The summed E-state index contributed by atoms with van der Waals surface area (Å²) in [5.41, 5.74) is 9.23. The molecule has 15 heavy (non-hydrogen) atoms. The summed E-state index contributed by atoms with van der Waals surface area (Å²) in [7, 11) is 3.41. The first-order chi connectivity index (χ1) is 7.29. The molecule has 1 rings (SSSR count). The highest BCUT2D eigenvalue weighted by Gasteiger charge is 2.05. The highest BCUT2D eigenvalue weighted by Crippen LogP contribution is 2.18. The molecule has 0 atom stereocenters. The Kier molecular flexibility index (Phi) is 5.15. The average molecular weight is 209 g/mol. The molecule has 0 aliphatic rings. The number of ether oxygens (including phenoxy) is 2. The van der Waals surface area contributed by atoms with Gasteiger partial charge in [0.05, 0.1) is 13.2 Å². The first-order valence-corrected chi connectivity index (χ1v) is 5.13. The lowest BCUT2D eigenvalue weighted by molar-refractivity contribution is 0.198. The molecule has 3 heteroatoms. The average Bonchev–Trinajstić information content (AvgIpc) is 2.25. The van der Waals surface area contributed by atoms with E-state index in [4.69, 9.17) is 15.2 Å². The van der Waals surface area contributed by atoms with Crippen LogP contribution < -0.4 is 5.73 Å². The number of hydrogen-bond acceptors (Lipinski definition) is 3. The van der Waals surface area contributed by atoms with Crippen molar-refractivity contribution < 1.29 is 9.47 Å². The van der Waals surface area contributed by atoms with Crippen molar-refractivity contribution in [2.75, 3.05) is 33.2 Å². The van der Waals surface area contributed by atoms with Crippen molar-refractivity contribution in [3.63, 3.8) is 0 Å². The van der Waals surface area contributed by atoms with Gasteiger partial charge in [-0.05, 0) is 30.0 Å². The van der Waals surface area contributed by atoms with Crippen molar-refractivity contribution in [2.45, 2.75) is 12.8 Å². The standard InChI is InChI=1S/C12H19NO2/c1-14-8-6-10-4-3-5-12(13)11(10)7-9-15-2/h3-5H,6-9,13H2,1-2H3. The third-order valence-electron chi connectivity index (χ3n) is 2.44. The van der Waals surface area contributed by atoms with Gasteiger partial charge in [0, 0.05) is 19.9 Å². The normalized spacial score (nSPS) is 10.5. The van der Waals surface area contributed by atoms with Crippen LogP contribution in [0.4, 0.5) is 5.69 Å². The molecule has 0 spiro atoms. The lowest BCUT2D eigenvalue weighted by atomic mass is 10.0. The maximum absolute atomic E-state index is 5.94. The molecule has 1 aromatic rings. The van der Waals surface area contributed by atoms with Crippen LogP contribution in [-0.4, -0.2) is 27.4 Å². The third-order valence-corrected chi connectivity index (χ3v) is 2.44. The smallest absolute Gasteiger partial charge is 0.0503 e. The van der Waals surface area contributed by atoms with Gasteiger partial charge in [0.15, 0.2) is 0 Å². The summed E-state index contributed by atoms with van der Waals surface area (Å²) < 4.78 is 10.1. The van der Waals surface area contributed by atoms with Gasteiger partial charge >= 0.3 is 0 Å². The number of hydrogen-bond donors (Lipinski definition) is 1. The minimum atomic E-state index is 0.703. The number of rotatable bonds is 6. The van der Waals surface area contributed by atoms with Crippen LogP contribution in [0.3, 0.4) is 0 Å². The molecule has 0 aliphatic carbocycles. The molecule has 0 bridgehead atoms. The zero-order valence-corrected chi connectivity index (χ0v) is 9.45. The molecule has 0 saturated heterocycles. The minimum absolute atomic E-state index is 0.703. The van der Waals surface area contributed by atoms with E-state index in [2.05, 4.69) is 6.07 Å². The number of nitrogen functional groups attached to an aromatic ring is 1. The van der Waals surface area contributed by atoms with E-state index in [1.54, 1.807) is 14.2 Å². The molecule has 0 saturated carbocycles. The summed E-state index contributed by atoms with van der Waals surface area (Å²) >= 11 is 0. The number of methoxy groups -OCH3 is 2. The van der Waals surface area contributed by atoms with E-state index in [0.717, 1.165) is 25.1 Å². The summed E-state index contributed by atoms with van der Waals surface area (Å²) in [6, 6.07) is 6.01. The second-order valence-corrected chi connectivity index (χ2v) is 3.47. The predicted molar refractivity (Wildman–Crippen MR) is 62.0 cm³/mol. The monoisotopic (exact) mass is 209 g/mol. The van der Waals surface area contributed by atoms with E-state index < -0.39 is 0 Å². The van der Waals surface area contributed by atoms with Crippen LogP contribution in [0.25, 0.3) is 0 Å². The van der Waals surface area contributed by atoms with Gasteiger partial charge in [0.2, 0.25) is 0 Å². The van der Waals surface area contributed by atoms with Gasteiger partial charge in [-0.3, -0.25) is 0 Å². The van der Waals surface area contributed by atoms with Crippen molar-refractivity contribution in [3.8, 4) is 0 Å². The van der Waals surface area contributed by atoms with Crippen LogP contribution in [0.15, 0.2) is 18.2 Å². The van der Waals surface area contributed by atoms with Gasteiger partial charge < -0.3 is 15.2 Å². The molecule has 2 N–H and O–H groups in total. The Hall–Kier alpha value is -1.06. The van der Waals surface area contributed by atoms with E-state index in [-0.39, 0.29) is 0 Å². The zero-order chi connectivity index (χ0) is 11.1. The lowest BCUT2D eigenvalue weighted by Crippen LogP contribution is -2.06. The van der Waals surface area contributed by atoms with E-state index in [1.165, 1.54) is 11.1 Å². The van der Waals surface area contributed by atoms with Gasteiger partial charge in [-0.15, -0.1) is 0 Å². The van der Waals surface area contributed by atoms with Crippen molar-refractivity contribution in [3.05, 3.63) is 29.3 Å². The molecule has 0 aromatic heterocycles. The van der Waals surface area contributed by atoms with Crippen LogP contribution in [-0.2, 0) is 22.3 Å². The van der Waals surface area contributed by atoms with Gasteiger partial charge in [-0.2, -0.15) is 0 Å². The first-order valence-electron chi connectivity index (χ1n) is 5.13. The Labute approximate surface area is 91.2 Å². The molecule has 0 radical (unpaired) electrons. The Balaban J connectivity index is 2.77. The Bertz CT molecular complexity index is 300. The Morgan fingerprint density at radius 2 is 1.73 bits per heavy atom. The van der Waals surface area contributed by atoms with Crippen LogP contribution in [0.2, 0.25) is 0 Å². The van der Waals surface area contributed by atoms with Crippen LogP contribution in [0.5, 0.6) is 0 Å². The molecular formula is C12H19NO2. The molecule has 0 heterocycles. The largest absolute Gasteiger partial charge is 0.398 e. The number of nitrogens with two attached hydrogens (primary N) is 1. The maximum Gasteiger partial charge on any atom is 0.0503 e. The Morgan fingerprint density at radius 3 is 2.40 bits per heavy atom. The van der Waals surface area contributed by atoms with Crippen LogP contribution in [0.1, 0.15) is 11.1 Å². The predicted octanol–water partition coefficient (Wildman–Crippen LogP) is 1.65. The quantitative estimate of drug-likeness (QED) is 0.724. The summed E-state index contributed by atoms with van der Waals surface area (Å²) in [4.78, 5) is 0. The highest BCUT2D eigenvalue weighted by molar-refractivity contribution is 5.51. The first kappa shape index (κ1) is 12.0. The van der Waals surface area contributed by atoms with Crippen molar-refractivity contribution >= 4 is 5.69 Å². The van der Waals surface area contributed by atoms with Gasteiger partial charge in [-0.25, -0.2) is 0 Å². The van der Waals surface area contributed by atoms with Gasteiger partial charge in [0.1, 0.15) is 0 Å². The van der Waals surface area contributed by atoms with E-state index in [9.17, 15) is 0 Å². The Morgan fingerprint density at radius 1 is 1.07 bits per heavy atom. The van der Waals surface area contributed by atoms with Crippen molar-refractivity contribution in [2.24, 2.45) is 0 Å². The number of benzene rings is 1. The molecule has 0 aliphatic heterocycles. The second kappa shape index (κ2) is 6.43. The molecule has 0 fully saturated rings. The summed E-state index contributed by atoms with van der Waals surface area (Å²) in [6.45, 7) is 1.43. The summed E-state index contributed by atoms with van der Waals surface area (Å²) in [6.07, 6.45) is 1.77. The highest BCUT2D eigenvalue weighted by atomic mass is 16.5. The summed E-state index contributed by atoms with van der Waals surface area (Å²) in [5.74, 6) is 0. The molecular weight excluding hydrogens is 190 g/mol. The minimum Gasteiger partial charge on any atom is -0.398 e. The van der Waals surface area contributed by atoms with Crippen LogP contribution in [0, 0.1) is 0 Å². The topological polar surface area (TPSA) is 44.5 Å². The molecule has 3 nitrogen and oxygen atoms in total.